The van der Waals surface area contributed by atoms with Gasteiger partial charge in [0.15, 0.2) is 0 Å². The van der Waals surface area contributed by atoms with Gasteiger partial charge in [-0.15, -0.1) is 0 Å². The van der Waals surface area contributed by atoms with Gasteiger partial charge in [0.05, 0.1) is 4.90 Å². The Bertz CT molecular complexity index is 494. The van der Waals surface area contributed by atoms with Gasteiger partial charge in [-0.25, -0.2) is 13.1 Å². The van der Waals surface area contributed by atoms with Crippen molar-refractivity contribution in [2.24, 2.45) is 5.92 Å². The van der Waals surface area contributed by atoms with Crippen molar-refractivity contribution in [3.05, 3.63) is 29.8 Å². The van der Waals surface area contributed by atoms with Crippen molar-refractivity contribution in [3.63, 3.8) is 0 Å². The molecule has 5 heteroatoms. The molecule has 2 N–H and O–H groups in total. The molecule has 1 rings (SSSR count). The van der Waals surface area contributed by atoms with Gasteiger partial charge in [-0.2, -0.15) is 0 Å². The summed E-state index contributed by atoms with van der Waals surface area (Å²) in [4.78, 5) is 0.279. The Hall–Kier alpha value is -0.910. The molecule has 4 nitrogen and oxygen atoms in total. The van der Waals surface area contributed by atoms with Crippen molar-refractivity contribution < 1.29 is 13.5 Å². The summed E-state index contributed by atoms with van der Waals surface area (Å²) in [5, 5.41) is 8.92. The van der Waals surface area contributed by atoms with Crippen molar-refractivity contribution in [1.82, 2.24) is 4.72 Å². The van der Waals surface area contributed by atoms with Crippen LogP contribution in [0.5, 0.6) is 0 Å². The van der Waals surface area contributed by atoms with Crippen molar-refractivity contribution in [3.8, 4) is 0 Å². The molecular weight excluding hydrogens is 274 g/mol. The highest BCUT2D eigenvalue weighted by Gasteiger charge is 2.18. The van der Waals surface area contributed by atoms with Gasteiger partial charge in [0, 0.05) is 12.6 Å². The number of aliphatic hydroxyl groups excluding tert-OH is 1. The zero-order valence-corrected chi connectivity index (χ0v) is 13.3. The third-order valence-electron chi connectivity index (χ3n) is 3.17. The maximum atomic E-state index is 12.2. The molecule has 0 saturated heterocycles. The lowest BCUT2D eigenvalue weighted by Crippen LogP contribution is -2.35. The standard InChI is InChI=1S/C15H25NO3S/c1-4-14(9-10-17)16-20(18,19)15-7-5-13(6-8-15)11-12(2)3/h5-8,12,14,16-17H,4,9-11H2,1-3H3. The quantitative estimate of drug-likeness (QED) is 0.774. The van der Waals surface area contributed by atoms with Crippen LogP contribution in [0.25, 0.3) is 0 Å². The molecule has 0 heterocycles. The monoisotopic (exact) mass is 299 g/mol. The Morgan fingerprint density at radius 2 is 1.80 bits per heavy atom. The van der Waals surface area contributed by atoms with E-state index in [0.29, 0.717) is 18.8 Å². The van der Waals surface area contributed by atoms with E-state index in [1.165, 1.54) is 0 Å². The summed E-state index contributed by atoms with van der Waals surface area (Å²) < 4.78 is 27.1. The summed E-state index contributed by atoms with van der Waals surface area (Å²) in [5.41, 5.74) is 1.14. The molecule has 20 heavy (non-hydrogen) atoms. The minimum absolute atomic E-state index is 0.0195. The predicted molar refractivity (Wildman–Crippen MR) is 81.1 cm³/mol. The minimum Gasteiger partial charge on any atom is -0.396 e. The normalized spacial score (nSPS) is 13.7. The smallest absolute Gasteiger partial charge is 0.240 e. The highest BCUT2D eigenvalue weighted by Crippen LogP contribution is 2.14. The van der Waals surface area contributed by atoms with Crippen LogP contribution in [0.4, 0.5) is 0 Å². The average Bonchev–Trinajstić information content (AvgIpc) is 2.38. The van der Waals surface area contributed by atoms with E-state index in [0.717, 1.165) is 12.0 Å². The van der Waals surface area contributed by atoms with Gasteiger partial charge in [-0.05, 0) is 42.9 Å². The number of hydrogen-bond donors (Lipinski definition) is 2. The number of rotatable bonds is 8. The van der Waals surface area contributed by atoms with Gasteiger partial charge >= 0.3 is 0 Å². The van der Waals surface area contributed by atoms with E-state index in [-0.39, 0.29) is 17.5 Å². The molecule has 0 fully saturated rings. The summed E-state index contributed by atoms with van der Waals surface area (Å²) in [6.07, 6.45) is 2.03. The highest BCUT2D eigenvalue weighted by molar-refractivity contribution is 7.89. The Morgan fingerprint density at radius 1 is 1.20 bits per heavy atom. The average molecular weight is 299 g/mol. The van der Waals surface area contributed by atoms with Gasteiger partial charge in [-0.3, -0.25) is 0 Å². The van der Waals surface area contributed by atoms with Gasteiger partial charge < -0.3 is 5.11 Å². The van der Waals surface area contributed by atoms with E-state index in [9.17, 15) is 8.42 Å². The molecular formula is C15H25NO3S. The molecule has 1 unspecified atom stereocenters. The minimum atomic E-state index is -3.50. The first kappa shape index (κ1) is 17.1. The fourth-order valence-electron chi connectivity index (χ4n) is 2.07. The van der Waals surface area contributed by atoms with Gasteiger partial charge in [-0.1, -0.05) is 32.9 Å². The van der Waals surface area contributed by atoms with E-state index in [4.69, 9.17) is 5.11 Å². The van der Waals surface area contributed by atoms with E-state index >= 15 is 0 Å². The van der Waals surface area contributed by atoms with Crippen LogP contribution in [0.15, 0.2) is 29.2 Å². The van der Waals surface area contributed by atoms with Crippen LogP contribution in [-0.4, -0.2) is 26.2 Å². The third kappa shape index (κ3) is 5.23. The van der Waals surface area contributed by atoms with Crippen molar-refractivity contribution in [2.75, 3.05) is 6.61 Å². The summed E-state index contributed by atoms with van der Waals surface area (Å²) in [6.45, 7) is 6.14. The second-order valence-corrected chi connectivity index (χ2v) is 7.19. The van der Waals surface area contributed by atoms with E-state index in [1.807, 2.05) is 19.1 Å². The lowest BCUT2D eigenvalue weighted by atomic mass is 10.0. The van der Waals surface area contributed by atoms with Crippen LogP contribution in [0, 0.1) is 5.92 Å². The zero-order valence-electron chi connectivity index (χ0n) is 12.5. The number of benzene rings is 1. The second-order valence-electron chi connectivity index (χ2n) is 5.48. The molecule has 0 aliphatic heterocycles. The van der Waals surface area contributed by atoms with Crippen molar-refractivity contribution >= 4 is 10.0 Å². The molecule has 114 valence electrons. The molecule has 0 spiro atoms. The molecule has 0 amide bonds. The van der Waals surface area contributed by atoms with Crippen molar-refractivity contribution in [1.29, 1.82) is 0 Å². The van der Waals surface area contributed by atoms with Gasteiger partial charge in [0.2, 0.25) is 10.0 Å². The number of hydrogen-bond acceptors (Lipinski definition) is 3. The molecule has 1 aromatic carbocycles. The molecule has 0 bridgehead atoms. The highest BCUT2D eigenvalue weighted by atomic mass is 32.2. The van der Waals surface area contributed by atoms with Crippen LogP contribution in [0.1, 0.15) is 39.2 Å². The topological polar surface area (TPSA) is 66.4 Å². The molecule has 0 aliphatic rings. The SMILES string of the molecule is CCC(CCO)NS(=O)(=O)c1ccc(CC(C)C)cc1. The van der Waals surface area contributed by atoms with Crippen LogP contribution >= 0.6 is 0 Å². The van der Waals surface area contributed by atoms with Gasteiger partial charge in [0.25, 0.3) is 0 Å². The first-order chi connectivity index (χ1) is 9.39. The Balaban J connectivity index is 2.81. The molecule has 0 saturated carbocycles. The maximum Gasteiger partial charge on any atom is 0.240 e. The summed E-state index contributed by atoms with van der Waals surface area (Å²) >= 11 is 0. The Kier molecular flexibility index (Phi) is 6.65. The Morgan fingerprint density at radius 3 is 2.25 bits per heavy atom. The lowest BCUT2D eigenvalue weighted by Gasteiger charge is -2.16. The van der Waals surface area contributed by atoms with Crippen LogP contribution in [-0.2, 0) is 16.4 Å². The maximum absolute atomic E-state index is 12.2. The first-order valence-corrected chi connectivity index (χ1v) is 8.59. The number of aliphatic hydroxyl groups is 1. The summed E-state index contributed by atoms with van der Waals surface area (Å²) in [7, 11) is -3.50. The summed E-state index contributed by atoms with van der Waals surface area (Å²) in [6, 6.07) is 6.79. The zero-order chi connectivity index (χ0) is 15.2. The van der Waals surface area contributed by atoms with Crippen molar-refractivity contribution in [2.45, 2.75) is 51.0 Å². The van der Waals surface area contributed by atoms with E-state index in [2.05, 4.69) is 18.6 Å². The predicted octanol–water partition coefficient (Wildman–Crippen LogP) is 2.32. The Labute approximate surface area is 122 Å². The molecule has 0 aromatic heterocycles. The molecule has 1 aromatic rings. The fraction of sp³-hybridized carbons (Fsp3) is 0.600. The van der Waals surface area contributed by atoms with Crippen LogP contribution in [0.3, 0.4) is 0 Å². The van der Waals surface area contributed by atoms with E-state index < -0.39 is 10.0 Å². The van der Waals surface area contributed by atoms with E-state index in [1.54, 1.807) is 12.1 Å². The van der Waals surface area contributed by atoms with Crippen LogP contribution < -0.4 is 4.72 Å². The molecule has 0 radical (unpaired) electrons. The lowest BCUT2D eigenvalue weighted by molar-refractivity contribution is 0.270. The molecule has 0 aliphatic carbocycles. The fourth-order valence-corrected chi connectivity index (χ4v) is 3.42. The largest absolute Gasteiger partial charge is 0.396 e. The molecule has 1 atom stereocenters. The number of nitrogens with one attached hydrogen (secondary N) is 1. The second kappa shape index (κ2) is 7.76. The van der Waals surface area contributed by atoms with Crippen LogP contribution in [0.2, 0.25) is 0 Å². The summed E-state index contributed by atoms with van der Waals surface area (Å²) in [5.74, 6) is 0.546. The number of sulfonamides is 1. The third-order valence-corrected chi connectivity index (χ3v) is 4.71. The van der Waals surface area contributed by atoms with Gasteiger partial charge in [0.1, 0.15) is 0 Å². The first-order valence-electron chi connectivity index (χ1n) is 7.11.